The molecule has 6 nitrogen and oxygen atoms in total. The number of hydrogen-bond acceptors (Lipinski definition) is 5. The van der Waals surface area contributed by atoms with Crippen LogP contribution in [-0.2, 0) is 10.0 Å². The molecule has 0 saturated carbocycles. The van der Waals surface area contributed by atoms with E-state index in [4.69, 9.17) is 0 Å². The van der Waals surface area contributed by atoms with Gasteiger partial charge in [0.2, 0.25) is 0 Å². The van der Waals surface area contributed by atoms with Gasteiger partial charge >= 0.3 is 5.97 Å². The van der Waals surface area contributed by atoms with Crippen LogP contribution in [-0.4, -0.2) is 44.1 Å². The van der Waals surface area contributed by atoms with E-state index in [-0.39, 0.29) is 16.1 Å². The molecule has 1 aliphatic heterocycles. The summed E-state index contributed by atoms with van der Waals surface area (Å²) in [4.78, 5) is 13.9. The van der Waals surface area contributed by atoms with Crippen LogP contribution in [0.15, 0.2) is 41.3 Å². The average molecular weight is 407 g/mol. The fraction of sp³-hybridized carbons (Fsp3) is 0.316. The first-order valence-corrected chi connectivity index (χ1v) is 11.2. The van der Waals surface area contributed by atoms with E-state index in [0.29, 0.717) is 11.3 Å². The van der Waals surface area contributed by atoms with Gasteiger partial charge in [-0.05, 0) is 43.7 Å². The Balaban J connectivity index is 1.93. The Morgan fingerprint density at radius 1 is 1.11 bits per heavy atom. The smallest absolute Gasteiger partial charge is 0.337 e. The van der Waals surface area contributed by atoms with Crippen LogP contribution in [0.4, 0.5) is 11.4 Å². The number of rotatable bonds is 5. The fourth-order valence-corrected chi connectivity index (χ4v) is 5.34. The maximum Gasteiger partial charge on any atom is 0.337 e. The van der Waals surface area contributed by atoms with E-state index in [9.17, 15) is 18.3 Å². The number of carbonyl (C=O) groups is 1. The van der Waals surface area contributed by atoms with Gasteiger partial charge < -0.3 is 10.0 Å². The van der Waals surface area contributed by atoms with Crippen molar-refractivity contribution in [3.63, 3.8) is 0 Å². The van der Waals surface area contributed by atoms with Gasteiger partial charge in [0.1, 0.15) is 0 Å². The van der Waals surface area contributed by atoms with Crippen molar-refractivity contribution < 1.29 is 18.3 Å². The Labute approximate surface area is 163 Å². The lowest BCUT2D eigenvalue weighted by Gasteiger charge is -2.29. The Bertz CT molecular complexity index is 968. The molecule has 0 unspecified atom stereocenters. The van der Waals surface area contributed by atoms with Crippen LogP contribution in [0.2, 0.25) is 0 Å². The van der Waals surface area contributed by atoms with Gasteiger partial charge in [0.15, 0.2) is 0 Å². The summed E-state index contributed by atoms with van der Waals surface area (Å²) in [6, 6.07) is 9.78. The molecule has 3 rings (SSSR count). The van der Waals surface area contributed by atoms with Gasteiger partial charge in [-0.2, -0.15) is 11.8 Å². The summed E-state index contributed by atoms with van der Waals surface area (Å²) in [5.41, 5.74) is 2.58. The lowest BCUT2D eigenvalue weighted by molar-refractivity contribution is 0.0697. The second kappa shape index (κ2) is 7.82. The molecule has 2 aromatic rings. The molecule has 0 spiro atoms. The number of hydrogen-bond donors (Lipinski definition) is 2. The maximum absolute atomic E-state index is 12.7. The van der Waals surface area contributed by atoms with Crippen molar-refractivity contribution in [2.75, 3.05) is 34.2 Å². The molecule has 0 radical (unpaired) electrons. The van der Waals surface area contributed by atoms with E-state index in [2.05, 4.69) is 4.72 Å². The summed E-state index contributed by atoms with van der Waals surface area (Å²) in [5.74, 6) is 0.816. The molecule has 2 N–H and O–H groups in total. The first-order chi connectivity index (χ1) is 12.8. The molecule has 0 amide bonds. The average Bonchev–Trinajstić information content (AvgIpc) is 2.61. The second-order valence-corrected chi connectivity index (χ2v) is 9.39. The van der Waals surface area contributed by atoms with Crippen LogP contribution in [0, 0.1) is 13.8 Å². The van der Waals surface area contributed by atoms with E-state index in [1.807, 2.05) is 23.6 Å². The lowest BCUT2D eigenvalue weighted by Crippen LogP contribution is -2.33. The highest BCUT2D eigenvalue weighted by Gasteiger charge is 2.21. The summed E-state index contributed by atoms with van der Waals surface area (Å²) >= 11 is 1.84. The molecule has 144 valence electrons. The molecule has 27 heavy (non-hydrogen) atoms. The number of nitrogens with one attached hydrogen (secondary N) is 1. The number of benzene rings is 2. The fourth-order valence-electron chi connectivity index (χ4n) is 3.16. The van der Waals surface area contributed by atoms with E-state index in [1.165, 1.54) is 6.07 Å². The van der Waals surface area contributed by atoms with Gasteiger partial charge in [-0.3, -0.25) is 4.72 Å². The largest absolute Gasteiger partial charge is 0.478 e. The van der Waals surface area contributed by atoms with Gasteiger partial charge in [-0.25, -0.2) is 13.2 Å². The number of nitrogens with zero attached hydrogens (tertiary/aromatic N) is 1. The Kier molecular flexibility index (Phi) is 5.67. The van der Waals surface area contributed by atoms with E-state index in [1.54, 1.807) is 37.3 Å². The number of carboxylic acid groups (broad SMARTS) is 1. The Hall–Kier alpha value is -2.19. The predicted molar refractivity (Wildman–Crippen MR) is 110 cm³/mol. The Morgan fingerprint density at radius 2 is 1.81 bits per heavy atom. The number of thioether (sulfide) groups is 1. The molecule has 0 bridgehead atoms. The van der Waals surface area contributed by atoms with Crippen molar-refractivity contribution in [3.8, 4) is 0 Å². The van der Waals surface area contributed by atoms with Crippen LogP contribution >= 0.6 is 11.8 Å². The van der Waals surface area contributed by atoms with Crippen LogP contribution in [0.5, 0.6) is 0 Å². The van der Waals surface area contributed by atoms with Crippen molar-refractivity contribution >= 4 is 39.1 Å². The van der Waals surface area contributed by atoms with Gasteiger partial charge in [0.05, 0.1) is 16.1 Å². The number of carboxylic acids is 1. The van der Waals surface area contributed by atoms with Crippen LogP contribution in [0.1, 0.15) is 21.5 Å². The normalized spacial score (nSPS) is 14.8. The predicted octanol–water partition coefficient (Wildman–Crippen LogP) is 3.36. The number of anilines is 2. The molecule has 0 aliphatic carbocycles. The molecule has 2 aromatic carbocycles. The van der Waals surface area contributed by atoms with E-state index < -0.39 is 16.0 Å². The van der Waals surface area contributed by atoms with Crippen LogP contribution in [0.25, 0.3) is 0 Å². The summed E-state index contributed by atoms with van der Waals surface area (Å²) in [5, 5.41) is 9.60. The standard InChI is InChI=1S/C19H22N2O4S2/c1-13-3-6-18(14(2)11-13)27(24,25)20-15-4-5-17(16(12-15)19(22)23)21-7-9-26-10-8-21/h3-6,11-12,20H,7-10H2,1-2H3,(H,22,23). The molecule has 1 fully saturated rings. The van der Waals surface area contributed by atoms with Crippen molar-refractivity contribution in [1.82, 2.24) is 0 Å². The first-order valence-electron chi connectivity index (χ1n) is 8.58. The molecule has 1 saturated heterocycles. The monoisotopic (exact) mass is 406 g/mol. The SMILES string of the molecule is Cc1ccc(S(=O)(=O)Nc2ccc(N3CCSCC3)c(C(=O)O)c2)c(C)c1. The molecule has 1 aliphatic rings. The third-order valence-corrected chi connectivity index (χ3v) is 6.93. The quantitative estimate of drug-likeness (QED) is 0.792. The maximum atomic E-state index is 12.7. The minimum atomic E-state index is -3.80. The molecule has 0 aromatic heterocycles. The van der Waals surface area contributed by atoms with E-state index >= 15 is 0 Å². The minimum Gasteiger partial charge on any atom is -0.478 e. The molecular formula is C19H22N2O4S2. The molecule has 0 atom stereocenters. The zero-order valence-corrected chi connectivity index (χ0v) is 16.9. The number of aryl methyl sites for hydroxylation is 2. The van der Waals surface area contributed by atoms with Crippen molar-refractivity contribution in [3.05, 3.63) is 53.1 Å². The first kappa shape index (κ1) is 19.6. The Morgan fingerprint density at radius 3 is 2.44 bits per heavy atom. The van der Waals surface area contributed by atoms with Crippen LogP contribution in [0.3, 0.4) is 0 Å². The van der Waals surface area contributed by atoms with Gasteiger partial charge in [-0.1, -0.05) is 17.7 Å². The highest BCUT2D eigenvalue weighted by Crippen LogP contribution is 2.28. The van der Waals surface area contributed by atoms with Gasteiger partial charge in [-0.15, -0.1) is 0 Å². The summed E-state index contributed by atoms with van der Waals surface area (Å²) in [7, 11) is -3.80. The van der Waals surface area contributed by atoms with Crippen molar-refractivity contribution in [1.29, 1.82) is 0 Å². The minimum absolute atomic E-state index is 0.0997. The summed E-state index contributed by atoms with van der Waals surface area (Å²) in [6.45, 7) is 5.19. The third kappa shape index (κ3) is 4.39. The zero-order chi connectivity index (χ0) is 19.6. The number of sulfonamides is 1. The lowest BCUT2D eigenvalue weighted by atomic mass is 10.1. The summed E-state index contributed by atoms with van der Waals surface area (Å²) in [6.07, 6.45) is 0. The van der Waals surface area contributed by atoms with Gasteiger partial charge in [0.25, 0.3) is 10.0 Å². The highest BCUT2D eigenvalue weighted by atomic mass is 32.2. The molecule has 8 heteroatoms. The third-order valence-electron chi connectivity index (χ3n) is 4.45. The second-order valence-electron chi connectivity index (χ2n) is 6.51. The number of aromatic carboxylic acids is 1. The van der Waals surface area contributed by atoms with Gasteiger partial charge in [0, 0.05) is 30.3 Å². The summed E-state index contributed by atoms with van der Waals surface area (Å²) < 4.78 is 28.0. The molecule has 1 heterocycles. The van der Waals surface area contributed by atoms with Crippen molar-refractivity contribution in [2.45, 2.75) is 18.7 Å². The zero-order valence-electron chi connectivity index (χ0n) is 15.2. The van der Waals surface area contributed by atoms with E-state index in [0.717, 1.165) is 30.2 Å². The van der Waals surface area contributed by atoms with Crippen LogP contribution < -0.4 is 9.62 Å². The molecular weight excluding hydrogens is 384 g/mol. The van der Waals surface area contributed by atoms with Crippen molar-refractivity contribution in [2.24, 2.45) is 0 Å². The highest BCUT2D eigenvalue weighted by molar-refractivity contribution is 7.99. The topological polar surface area (TPSA) is 86.7 Å².